The summed E-state index contributed by atoms with van der Waals surface area (Å²) in [5.74, 6) is 1.66. The topological polar surface area (TPSA) is 48.9 Å². The normalized spacial score (nSPS) is 25.0. The van der Waals surface area contributed by atoms with Crippen LogP contribution in [0, 0.1) is 5.92 Å². The van der Waals surface area contributed by atoms with Crippen molar-refractivity contribution >= 4 is 11.6 Å². The third-order valence-corrected chi connectivity index (χ3v) is 4.44. The van der Waals surface area contributed by atoms with Crippen LogP contribution < -0.4 is 15.5 Å². The lowest BCUT2D eigenvalue weighted by molar-refractivity contribution is 0.122. The van der Waals surface area contributed by atoms with Gasteiger partial charge in [-0.2, -0.15) is 0 Å². The SMILES string of the molecule is CN=C(NCc1ccccc1N1CCOCC1)NC1CC1C. The van der Waals surface area contributed by atoms with Crippen LogP contribution in [0.1, 0.15) is 18.9 Å². The van der Waals surface area contributed by atoms with E-state index in [1.54, 1.807) is 0 Å². The summed E-state index contributed by atoms with van der Waals surface area (Å²) in [7, 11) is 1.83. The number of hydrogen-bond acceptors (Lipinski definition) is 3. The second-order valence-corrected chi connectivity index (χ2v) is 6.12. The van der Waals surface area contributed by atoms with Crippen molar-refractivity contribution in [1.29, 1.82) is 0 Å². The average molecular weight is 302 g/mol. The second kappa shape index (κ2) is 7.01. The van der Waals surface area contributed by atoms with E-state index in [1.807, 2.05) is 7.05 Å². The number of benzene rings is 1. The number of anilines is 1. The molecule has 0 spiro atoms. The summed E-state index contributed by atoms with van der Waals surface area (Å²) in [6, 6.07) is 9.17. The highest BCUT2D eigenvalue weighted by atomic mass is 16.5. The van der Waals surface area contributed by atoms with Crippen LogP contribution in [-0.4, -0.2) is 45.4 Å². The van der Waals surface area contributed by atoms with Crippen LogP contribution in [0.25, 0.3) is 0 Å². The highest BCUT2D eigenvalue weighted by molar-refractivity contribution is 5.80. The number of nitrogens with one attached hydrogen (secondary N) is 2. The number of rotatable bonds is 4. The van der Waals surface area contributed by atoms with Crippen molar-refractivity contribution in [2.24, 2.45) is 10.9 Å². The molecule has 2 atom stereocenters. The van der Waals surface area contributed by atoms with Gasteiger partial charge in [0.25, 0.3) is 0 Å². The van der Waals surface area contributed by atoms with Crippen LogP contribution in [-0.2, 0) is 11.3 Å². The lowest BCUT2D eigenvalue weighted by Crippen LogP contribution is -2.40. The van der Waals surface area contributed by atoms with E-state index in [-0.39, 0.29) is 0 Å². The smallest absolute Gasteiger partial charge is 0.191 e. The van der Waals surface area contributed by atoms with E-state index in [4.69, 9.17) is 4.74 Å². The zero-order valence-electron chi connectivity index (χ0n) is 13.5. The number of para-hydroxylation sites is 1. The monoisotopic (exact) mass is 302 g/mol. The molecule has 2 N–H and O–H groups in total. The maximum atomic E-state index is 5.45. The molecule has 1 saturated carbocycles. The minimum absolute atomic E-state index is 0.584. The van der Waals surface area contributed by atoms with Crippen molar-refractivity contribution in [3.8, 4) is 0 Å². The fourth-order valence-electron chi connectivity index (χ4n) is 2.85. The molecule has 1 aromatic carbocycles. The average Bonchev–Trinajstić information content (AvgIpc) is 3.27. The summed E-state index contributed by atoms with van der Waals surface area (Å²) in [5.41, 5.74) is 2.60. The van der Waals surface area contributed by atoms with Crippen molar-refractivity contribution in [2.45, 2.75) is 25.9 Å². The quantitative estimate of drug-likeness (QED) is 0.655. The maximum Gasteiger partial charge on any atom is 0.191 e. The van der Waals surface area contributed by atoms with Crippen molar-refractivity contribution < 1.29 is 4.74 Å². The molecule has 5 heteroatoms. The number of ether oxygens (including phenoxy) is 1. The van der Waals surface area contributed by atoms with Crippen LogP contribution in [0.3, 0.4) is 0 Å². The lowest BCUT2D eigenvalue weighted by Gasteiger charge is -2.30. The first-order valence-corrected chi connectivity index (χ1v) is 8.15. The van der Waals surface area contributed by atoms with Gasteiger partial charge >= 0.3 is 0 Å². The molecule has 0 aromatic heterocycles. The molecule has 3 rings (SSSR count). The second-order valence-electron chi connectivity index (χ2n) is 6.12. The molecule has 5 nitrogen and oxygen atoms in total. The van der Waals surface area contributed by atoms with E-state index in [0.717, 1.165) is 44.7 Å². The first-order valence-electron chi connectivity index (χ1n) is 8.15. The summed E-state index contributed by atoms with van der Waals surface area (Å²) in [5, 5.41) is 6.90. The Morgan fingerprint density at radius 2 is 2.05 bits per heavy atom. The minimum Gasteiger partial charge on any atom is -0.378 e. The van der Waals surface area contributed by atoms with Crippen molar-refractivity contribution in [3.05, 3.63) is 29.8 Å². The molecular formula is C17H26N4O. The fraction of sp³-hybridized carbons (Fsp3) is 0.588. The Morgan fingerprint density at radius 1 is 1.32 bits per heavy atom. The van der Waals surface area contributed by atoms with Crippen LogP contribution in [0.4, 0.5) is 5.69 Å². The van der Waals surface area contributed by atoms with Crippen LogP contribution in [0.15, 0.2) is 29.3 Å². The van der Waals surface area contributed by atoms with Gasteiger partial charge in [-0.25, -0.2) is 0 Å². The molecule has 1 saturated heterocycles. The van der Waals surface area contributed by atoms with Gasteiger partial charge in [-0.05, 0) is 24.0 Å². The fourth-order valence-corrected chi connectivity index (χ4v) is 2.85. The molecule has 2 unspecified atom stereocenters. The number of nitrogens with zero attached hydrogens (tertiary/aromatic N) is 2. The van der Waals surface area contributed by atoms with Gasteiger partial charge in [-0.3, -0.25) is 4.99 Å². The zero-order valence-corrected chi connectivity index (χ0v) is 13.5. The molecule has 1 aliphatic heterocycles. The third kappa shape index (κ3) is 3.71. The van der Waals surface area contributed by atoms with Crippen molar-refractivity contribution in [2.75, 3.05) is 38.3 Å². The van der Waals surface area contributed by atoms with Gasteiger partial charge in [0.05, 0.1) is 13.2 Å². The minimum atomic E-state index is 0.584. The molecule has 1 aromatic rings. The molecule has 22 heavy (non-hydrogen) atoms. The van der Waals surface area contributed by atoms with Gasteiger partial charge in [0.15, 0.2) is 5.96 Å². The number of morpholine rings is 1. The Kier molecular flexibility index (Phi) is 4.83. The molecule has 0 amide bonds. The highest BCUT2D eigenvalue weighted by Crippen LogP contribution is 2.28. The Morgan fingerprint density at radius 3 is 2.73 bits per heavy atom. The molecule has 1 heterocycles. The largest absolute Gasteiger partial charge is 0.378 e. The van der Waals surface area contributed by atoms with Gasteiger partial charge < -0.3 is 20.3 Å². The first kappa shape index (κ1) is 15.2. The number of hydrogen-bond donors (Lipinski definition) is 2. The summed E-state index contributed by atoms with van der Waals surface area (Å²) in [4.78, 5) is 6.72. The maximum absolute atomic E-state index is 5.45. The molecule has 2 aliphatic rings. The van der Waals surface area contributed by atoms with Gasteiger partial charge in [0, 0.05) is 38.4 Å². The van der Waals surface area contributed by atoms with E-state index in [0.29, 0.717) is 6.04 Å². The summed E-state index contributed by atoms with van der Waals surface area (Å²) in [6.07, 6.45) is 1.24. The van der Waals surface area contributed by atoms with Gasteiger partial charge in [0.1, 0.15) is 0 Å². The number of aliphatic imine (C=N–C) groups is 1. The van der Waals surface area contributed by atoms with Crippen molar-refractivity contribution in [3.63, 3.8) is 0 Å². The van der Waals surface area contributed by atoms with Crippen LogP contribution in [0.5, 0.6) is 0 Å². The molecule has 0 radical (unpaired) electrons. The molecule has 2 fully saturated rings. The summed E-state index contributed by atoms with van der Waals surface area (Å²) in [6.45, 7) is 6.59. The Labute approximate surface area is 132 Å². The predicted octanol–water partition coefficient (Wildman–Crippen LogP) is 1.60. The summed E-state index contributed by atoms with van der Waals surface area (Å²) < 4.78 is 5.45. The molecule has 120 valence electrons. The third-order valence-electron chi connectivity index (χ3n) is 4.44. The van der Waals surface area contributed by atoms with Crippen LogP contribution in [0.2, 0.25) is 0 Å². The van der Waals surface area contributed by atoms with E-state index >= 15 is 0 Å². The Hall–Kier alpha value is -1.75. The molecule has 1 aliphatic carbocycles. The molecular weight excluding hydrogens is 276 g/mol. The van der Waals surface area contributed by atoms with Gasteiger partial charge in [-0.1, -0.05) is 25.1 Å². The van der Waals surface area contributed by atoms with E-state index < -0.39 is 0 Å². The van der Waals surface area contributed by atoms with E-state index in [2.05, 4.69) is 51.7 Å². The summed E-state index contributed by atoms with van der Waals surface area (Å²) >= 11 is 0. The van der Waals surface area contributed by atoms with E-state index in [9.17, 15) is 0 Å². The van der Waals surface area contributed by atoms with Crippen LogP contribution >= 0.6 is 0 Å². The van der Waals surface area contributed by atoms with Gasteiger partial charge in [0.2, 0.25) is 0 Å². The van der Waals surface area contributed by atoms with Crippen molar-refractivity contribution in [1.82, 2.24) is 10.6 Å². The zero-order chi connectivity index (χ0) is 15.4. The number of guanidine groups is 1. The highest BCUT2D eigenvalue weighted by Gasteiger charge is 2.33. The van der Waals surface area contributed by atoms with E-state index in [1.165, 1.54) is 17.7 Å². The molecule has 0 bridgehead atoms. The first-order chi connectivity index (χ1) is 10.8. The standard InChI is InChI=1S/C17H26N4O/c1-13-11-15(13)20-17(18-2)19-12-14-5-3-4-6-16(14)21-7-9-22-10-8-21/h3-6,13,15H,7-12H2,1-2H3,(H2,18,19,20). The Bertz CT molecular complexity index is 525. The lowest BCUT2D eigenvalue weighted by atomic mass is 10.1. The van der Waals surface area contributed by atoms with Gasteiger partial charge in [-0.15, -0.1) is 0 Å². The predicted molar refractivity (Wildman–Crippen MR) is 90.4 cm³/mol. The Balaban J connectivity index is 1.61.